The second-order valence-electron chi connectivity index (χ2n) is 8.11. The zero-order valence-electron chi connectivity index (χ0n) is 14.8. The van der Waals surface area contributed by atoms with E-state index in [1.807, 2.05) is 0 Å². The van der Waals surface area contributed by atoms with Gasteiger partial charge in [0, 0.05) is 5.02 Å². The molecule has 4 atom stereocenters. The second kappa shape index (κ2) is 8.56. The highest BCUT2D eigenvalue weighted by molar-refractivity contribution is 6.30. The van der Waals surface area contributed by atoms with E-state index in [4.69, 9.17) is 11.6 Å². The first-order valence-electron chi connectivity index (χ1n) is 10.0. The van der Waals surface area contributed by atoms with Gasteiger partial charge in [-0.25, -0.2) is 0 Å². The molecule has 0 amide bonds. The van der Waals surface area contributed by atoms with Crippen molar-refractivity contribution in [2.75, 3.05) is 0 Å². The lowest BCUT2D eigenvalue weighted by atomic mass is 9.63. The highest BCUT2D eigenvalue weighted by Gasteiger charge is 2.35. The predicted molar refractivity (Wildman–Crippen MR) is 101 cm³/mol. The summed E-state index contributed by atoms with van der Waals surface area (Å²) in [5.41, 5.74) is 1.52. The summed E-state index contributed by atoms with van der Waals surface area (Å²) in [5.74, 6) is 3.86. The Hall–Kier alpha value is -0.490. The molecule has 128 valence electrons. The molecule has 2 aliphatic rings. The van der Waals surface area contributed by atoms with Crippen LogP contribution in [0.5, 0.6) is 0 Å². The Kier molecular flexibility index (Phi) is 6.45. The van der Waals surface area contributed by atoms with Crippen LogP contribution in [0.25, 0.3) is 0 Å². The van der Waals surface area contributed by atoms with Gasteiger partial charge in [0.1, 0.15) is 0 Å². The van der Waals surface area contributed by atoms with Crippen molar-refractivity contribution in [1.82, 2.24) is 0 Å². The van der Waals surface area contributed by atoms with E-state index in [0.717, 1.165) is 28.7 Å². The van der Waals surface area contributed by atoms with Gasteiger partial charge in [0.05, 0.1) is 0 Å². The van der Waals surface area contributed by atoms with E-state index >= 15 is 0 Å². The fraction of sp³-hybridized carbons (Fsp3) is 0.727. The molecule has 4 unspecified atom stereocenters. The normalized spacial score (nSPS) is 30.9. The van der Waals surface area contributed by atoms with Crippen molar-refractivity contribution in [3.8, 4) is 0 Å². The lowest BCUT2D eigenvalue weighted by Crippen LogP contribution is -2.30. The maximum Gasteiger partial charge on any atom is 0.0406 e. The largest absolute Gasteiger partial charge is 0.0843 e. The number of halogens is 1. The van der Waals surface area contributed by atoms with Gasteiger partial charge in [-0.3, -0.25) is 0 Å². The second-order valence-corrected chi connectivity index (χ2v) is 8.55. The van der Waals surface area contributed by atoms with Crippen molar-refractivity contribution in [1.29, 1.82) is 0 Å². The molecular formula is C22H33Cl. The molecule has 1 aromatic rings. The summed E-state index contributed by atoms with van der Waals surface area (Å²) in [6, 6.07) is 8.64. The predicted octanol–water partition coefficient (Wildman–Crippen LogP) is 7.61. The third-order valence-electron chi connectivity index (χ3n) is 6.53. The van der Waals surface area contributed by atoms with Gasteiger partial charge in [0.2, 0.25) is 0 Å². The fourth-order valence-electron chi connectivity index (χ4n) is 5.15. The number of benzene rings is 1. The Morgan fingerprint density at radius 3 is 2.39 bits per heavy atom. The lowest BCUT2D eigenvalue weighted by molar-refractivity contribution is 0.113. The standard InChI is InChI=1S/C22H33Cl/c1-2-3-4-5-6-17-7-8-21-16-20(10-9-19(21)15-17)18-11-13-22(23)14-12-18/h11-14,17,19-21H,2-10,15-16H2,1H3. The van der Waals surface area contributed by atoms with Crippen LogP contribution >= 0.6 is 11.6 Å². The summed E-state index contributed by atoms with van der Waals surface area (Å²) < 4.78 is 0. The van der Waals surface area contributed by atoms with Crippen LogP contribution in [0.2, 0.25) is 5.02 Å². The zero-order valence-corrected chi connectivity index (χ0v) is 15.5. The summed E-state index contributed by atoms with van der Waals surface area (Å²) in [6.45, 7) is 2.31. The van der Waals surface area contributed by atoms with E-state index in [2.05, 4.69) is 31.2 Å². The highest BCUT2D eigenvalue weighted by atomic mass is 35.5. The van der Waals surface area contributed by atoms with E-state index in [-0.39, 0.29) is 0 Å². The first-order valence-corrected chi connectivity index (χ1v) is 10.4. The zero-order chi connectivity index (χ0) is 16.1. The van der Waals surface area contributed by atoms with Crippen LogP contribution in [0, 0.1) is 17.8 Å². The molecule has 0 N–H and O–H groups in total. The quantitative estimate of drug-likeness (QED) is 0.470. The Morgan fingerprint density at radius 1 is 0.870 bits per heavy atom. The molecule has 0 nitrogen and oxygen atoms in total. The van der Waals surface area contributed by atoms with Gasteiger partial charge < -0.3 is 0 Å². The molecule has 2 saturated carbocycles. The van der Waals surface area contributed by atoms with Gasteiger partial charge in [-0.1, -0.05) is 69.2 Å². The Morgan fingerprint density at radius 2 is 1.61 bits per heavy atom. The van der Waals surface area contributed by atoms with Crippen LogP contribution in [-0.2, 0) is 0 Å². The molecule has 0 radical (unpaired) electrons. The summed E-state index contributed by atoms with van der Waals surface area (Å²) in [6.07, 6.45) is 16.0. The molecule has 0 spiro atoms. The van der Waals surface area contributed by atoms with E-state index in [1.54, 1.807) is 0 Å². The maximum absolute atomic E-state index is 6.04. The van der Waals surface area contributed by atoms with Gasteiger partial charge in [0.15, 0.2) is 0 Å². The Balaban J connectivity index is 1.47. The van der Waals surface area contributed by atoms with Crippen molar-refractivity contribution in [3.05, 3.63) is 34.9 Å². The maximum atomic E-state index is 6.04. The third-order valence-corrected chi connectivity index (χ3v) is 6.78. The van der Waals surface area contributed by atoms with Crippen LogP contribution in [0.15, 0.2) is 24.3 Å². The number of hydrogen-bond donors (Lipinski definition) is 0. The summed E-state index contributed by atoms with van der Waals surface area (Å²) in [5, 5.41) is 0.867. The van der Waals surface area contributed by atoms with Crippen LogP contribution in [-0.4, -0.2) is 0 Å². The number of rotatable bonds is 6. The van der Waals surface area contributed by atoms with Gasteiger partial charge in [-0.05, 0) is 73.5 Å². The van der Waals surface area contributed by atoms with E-state index in [9.17, 15) is 0 Å². The van der Waals surface area contributed by atoms with Gasteiger partial charge in [0.25, 0.3) is 0 Å². The number of unbranched alkanes of at least 4 members (excludes halogenated alkanes) is 3. The minimum atomic E-state index is 0.787. The topological polar surface area (TPSA) is 0 Å². The lowest BCUT2D eigenvalue weighted by Gasteiger charge is -2.42. The van der Waals surface area contributed by atoms with Gasteiger partial charge in [-0.15, -0.1) is 0 Å². The third kappa shape index (κ3) is 4.75. The number of fused-ring (bicyclic) bond motifs is 1. The van der Waals surface area contributed by atoms with Gasteiger partial charge >= 0.3 is 0 Å². The summed E-state index contributed by atoms with van der Waals surface area (Å²) in [4.78, 5) is 0. The first-order chi connectivity index (χ1) is 11.3. The molecule has 1 aromatic carbocycles. The molecule has 3 rings (SSSR count). The van der Waals surface area contributed by atoms with E-state index in [1.165, 1.54) is 76.2 Å². The minimum absolute atomic E-state index is 0.787. The van der Waals surface area contributed by atoms with Crippen molar-refractivity contribution in [3.63, 3.8) is 0 Å². The molecule has 0 heterocycles. The molecule has 0 bridgehead atoms. The average molecular weight is 333 g/mol. The SMILES string of the molecule is CCCCCCC1CCC2CC(c3ccc(Cl)cc3)CCC2C1. The van der Waals surface area contributed by atoms with Crippen molar-refractivity contribution in [2.45, 2.75) is 83.5 Å². The monoisotopic (exact) mass is 332 g/mol. The number of hydrogen-bond acceptors (Lipinski definition) is 0. The minimum Gasteiger partial charge on any atom is -0.0843 e. The summed E-state index contributed by atoms with van der Waals surface area (Å²) in [7, 11) is 0. The van der Waals surface area contributed by atoms with Crippen molar-refractivity contribution >= 4 is 11.6 Å². The van der Waals surface area contributed by atoms with Crippen LogP contribution in [0.1, 0.15) is 89.0 Å². The van der Waals surface area contributed by atoms with Crippen LogP contribution in [0.4, 0.5) is 0 Å². The fourth-order valence-corrected chi connectivity index (χ4v) is 5.27. The molecule has 2 fully saturated rings. The van der Waals surface area contributed by atoms with Crippen molar-refractivity contribution < 1.29 is 0 Å². The molecule has 1 heteroatoms. The molecule has 23 heavy (non-hydrogen) atoms. The summed E-state index contributed by atoms with van der Waals surface area (Å²) >= 11 is 6.04. The van der Waals surface area contributed by atoms with Crippen LogP contribution in [0.3, 0.4) is 0 Å². The molecular weight excluding hydrogens is 300 g/mol. The Bertz CT molecular complexity index is 463. The van der Waals surface area contributed by atoms with E-state index in [0.29, 0.717) is 0 Å². The first kappa shape index (κ1) is 17.3. The smallest absolute Gasteiger partial charge is 0.0406 e. The van der Waals surface area contributed by atoms with Gasteiger partial charge in [-0.2, -0.15) is 0 Å². The Labute approximate surface area is 148 Å². The highest BCUT2D eigenvalue weighted by Crippen LogP contribution is 2.48. The average Bonchev–Trinajstić information content (AvgIpc) is 2.59. The molecule has 0 saturated heterocycles. The van der Waals surface area contributed by atoms with E-state index < -0.39 is 0 Å². The molecule has 2 aliphatic carbocycles. The van der Waals surface area contributed by atoms with Crippen LogP contribution < -0.4 is 0 Å². The van der Waals surface area contributed by atoms with Crippen molar-refractivity contribution in [2.24, 2.45) is 17.8 Å². The molecule has 0 aromatic heterocycles. The molecule has 0 aliphatic heterocycles.